The van der Waals surface area contributed by atoms with Gasteiger partial charge in [-0.2, -0.15) is 4.72 Å². The Kier molecular flexibility index (Phi) is 6.81. The van der Waals surface area contributed by atoms with E-state index in [9.17, 15) is 22.4 Å². The van der Waals surface area contributed by atoms with Crippen LogP contribution in [0.1, 0.15) is 5.56 Å². The van der Waals surface area contributed by atoms with Crippen LogP contribution in [-0.2, 0) is 30.9 Å². The van der Waals surface area contributed by atoms with Crippen molar-refractivity contribution in [2.24, 2.45) is 0 Å². The summed E-state index contributed by atoms with van der Waals surface area (Å²) >= 11 is 0. The van der Waals surface area contributed by atoms with Crippen LogP contribution in [0, 0.1) is 5.82 Å². The molecular formula is C17H17FN2O5S. The number of carbonyl (C=O) groups excluding carboxylic acids is 2. The average Bonchev–Trinajstić information content (AvgIpc) is 2.64. The van der Waals surface area contributed by atoms with Crippen molar-refractivity contribution >= 4 is 21.9 Å². The largest absolute Gasteiger partial charge is 0.455 e. The van der Waals surface area contributed by atoms with Crippen molar-refractivity contribution in [2.75, 3.05) is 13.2 Å². The van der Waals surface area contributed by atoms with Crippen molar-refractivity contribution < 1.29 is 27.1 Å². The second-order valence-corrected chi connectivity index (χ2v) is 6.91. The van der Waals surface area contributed by atoms with Crippen molar-refractivity contribution in [3.63, 3.8) is 0 Å². The molecular weight excluding hydrogens is 363 g/mol. The lowest BCUT2D eigenvalue weighted by molar-refractivity contribution is -0.147. The molecule has 0 bridgehead atoms. The Hall–Kier alpha value is -2.78. The summed E-state index contributed by atoms with van der Waals surface area (Å²) in [6, 6.07) is 13.9. The van der Waals surface area contributed by atoms with Gasteiger partial charge >= 0.3 is 5.97 Å². The fraction of sp³-hybridized carbons (Fsp3) is 0.176. The van der Waals surface area contributed by atoms with Crippen LogP contribution >= 0.6 is 0 Å². The van der Waals surface area contributed by atoms with Gasteiger partial charge in [0.25, 0.3) is 5.91 Å². The van der Waals surface area contributed by atoms with Gasteiger partial charge in [0.15, 0.2) is 6.61 Å². The predicted molar refractivity (Wildman–Crippen MR) is 90.8 cm³/mol. The number of ether oxygens (including phenoxy) is 1. The van der Waals surface area contributed by atoms with Gasteiger partial charge in [0.2, 0.25) is 10.0 Å². The van der Waals surface area contributed by atoms with Gasteiger partial charge in [-0.3, -0.25) is 9.59 Å². The van der Waals surface area contributed by atoms with Gasteiger partial charge in [0.05, 0.1) is 0 Å². The number of hydrogen-bond donors (Lipinski definition) is 2. The van der Waals surface area contributed by atoms with Crippen molar-refractivity contribution in [2.45, 2.75) is 11.4 Å². The zero-order chi connectivity index (χ0) is 19.0. The van der Waals surface area contributed by atoms with Gasteiger partial charge in [0, 0.05) is 6.54 Å². The lowest BCUT2D eigenvalue weighted by Gasteiger charge is -2.08. The molecule has 0 saturated heterocycles. The third-order valence-corrected chi connectivity index (χ3v) is 4.66. The van der Waals surface area contributed by atoms with E-state index in [4.69, 9.17) is 0 Å². The summed E-state index contributed by atoms with van der Waals surface area (Å²) in [5.74, 6) is -2.42. The zero-order valence-corrected chi connectivity index (χ0v) is 14.5. The first kappa shape index (κ1) is 19.5. The number of amides is 1. The Balaban J connectivity index is 1.75. The summed E-state index contributed by atoms with van der Waals surface area (Å²) in [6.45, 7) is -0.993. The fourth-order valence-electron chi connectivity index (χ4n) is 1.94. The van der Waals surface area contributed by atoms with Crippen LogP contribution in [0.5, 0.6) is 0 Å². The van der Waals surface area contributed by atoms with E-state index in [1.165, 1.54) is 12.1 Å². The van der Waals surface area contributed by atoms with E-state index in [0.29, 0.717) is 0 Å². The van der Waals surface area contributed by atoms with Crippen molar-refractivity contribution in [1.82, 2.24) is 10.0 Å². The lowest BCUT2D eigenvalue weighted by atomic mass is 10.2. The SMILES string of the molecule is O=C(COC(=O)CNS(=O)(=O)c1ccccc1F)NCc1ccccc1. The highest BCUT2D eigenvalue weighted by atomic mass is 32.2. The molecule has 0 aromatic heterocycles. The Morgan fingerprint density at radius 2 is 1.65 bits per heavy atom. The molecule has 2 aromatic rings. The molecule has 0 aliphatic rings. The van der Waals surface area contributed by atoms with Gasteiger partial charge in [-0.25, -0.2) is 12.8 Å². The Labute approximate surface area is 150 Å². The van der Waals surface area contributed by atoms with Gasteiger partial charge in [0.1, 0.15) is 17.3 Å². The maximum absolute atomic E-state index is 13.5. The molecule has 0 radical (unpaired) electrons. The maximum atomic E-state index is 13.5. The second-order valence-electron chi connectivity index (χ2n) is 5.18. The quantitative estimate of drug-likeness (QED) is 0.665. The van der Waals surface area contributed by atoms with Crippen LogP contribution in [0.15, 0.2) is 59.5 Å². The summed E-state index contributed by atoms with van der Waals surface area (Å²) in [7, 11) is -4.20. The van der Waals surface area contributed by atoms with E-state index in [1.807, 2.05) is 35.1 Å². The molecule has 2 rings (SSSR count). The molecule has 0 atom stereocenters. The van der Waals surface area contributed by atoms with Crippen molar-refractivity contribution in [3.8, 4) is 0 Å². The fourth-order valence-corrected chi connectivity index (χ4v) is 2.98. The average molecular weight is 380 g/mol. The number of nitrogens with one attached hydrogen (secondary N) is 2. The van der Waals surface area contributed by atoms with Crippen LogP contribution in [0.2, 0.25) is 0 Å². The summed E-state index contributed by atoms with van der Waals surface area (Å²) < 4.78 is 43.9. The molecule has 0 heterocycles. The molecule has 0 spiro atoms. The van der Waals surface area contributed by atoms with E-state index in [1.54, 1.807) is 0 Å². The van der Waals surface area contributed by atoms with Crippen LogP contribution < -0.4 is 10.0 Å². The van der Waals surface area contributed by atoms with Gasteiger partial charge in [-0.1, -0.05) is 42.5 Å². The summed E-state index contributed by atoms with van der Waals surface area (Å²) in [5.41, 5.74) is 0.879. The Morgan fingerprint density at radius 1 is 1.00 bits per heavy atom. The molecule has 138 valence electrons. The number of hydrogen-bond acceptors (Lipinski definition) is 5. The van der Waals surface area contributed by atoms with E-state index in [2.05, 4.69) is 10.1 Å². The third kappa shape index (κ3) is 5.94. The highest BCUT2D eigenvalue weighted by molar-refractivity contribution is 7.89. The van der Waals surface area contributed by atoms with E-state index < -0.39 is 45.8 Å². The number of halogens is 1. The molecule has 0 unspecified atom stereocenters. The normalized spacial score (nSPS) is 11.0. The van der Waals surface area contributed by atoms with Crippen molar-refractivity contribution in [3.05, 3.63) is 66.0 Å². The topological polar surface area (TPSA) is 102 Å². The monoisotopic (exact) mass is 380 g/mol. The molecule has 0 aliphatic carbocycles. The molecule has 0 saturated carbocycles. The first-order valence-electron chi connectivity index (χ1n) is 7.59. The zero-order valence-electron chi connectivity index (χ0n) is 13.6. The minimum atomic E-state index is -4.20. The Morgan fingerprint density at radius 3 is 2.35 bits per heavy atom. The minimum Gasteiger partial charge on any atom is -0.455 e. The van der Waals surface area contributed by atoms with E-state index in [0.717, 1.165) is 17.7 Å². The molecule has 1 amide bonds. The molecule has 0 fully saturated rings. The van der Waals surface area contributed by atoms with Crippen LogP contribution in [0.25, 0.3) is 0 Å². The smallest absolute Gasteiger partial charge is 0.321 e. The number of benzene rings is 2. The summed E-state index contributed by atoms with van der Waals surface area (Å²) in [5, 5.41) is 2.56. The van der Waals surface area contributed by atoms with E-state index >= 15 is 0 Å². The molecule has 9 heteroatoms. The summed E-state index contributed by atoms with van der Waals surface area (Å²) in [4.78, 5) is 22.6. The standard InChI is InChI=1S/C17H17FN2O5S/c18-14-8-4-5-9-15(14)26(23,24)20-11-17(22)25-12-16(21)19-10-13-6-2-1-3-7-13/h1-9,20H,10-12H2,(H,19,21). The number of rotatable bonds is 8. The summed E-state index contributed by atoms with van der Waals surface area (Å²) in [6.07, 6.45) is 0. The molecule has 7 nitrogen and oxygen atoms in total. The predicted octanol–water partition coefficient (Wildman–Crippen LogP) is 0.964. The lowest BCUT2D eigenvalue weighted by Crippen LogP contribution is -2.34. The minimum absolute atomic E-state index is 0.275. The first-order valence-corrected chi connectivity index (χ1v) is 9.07. The van der Waals surface area contributed by atoms with Gasteiger partial charge in [-0.15, -0.1) is 0 Å². The number of sulfonamides is 1. The van der Waals surface area contributed by atoms with E-state index in [-0.39, 0.29) is 6.54 Å². The maximum Gasteiger partial charge on any atom is 0.321 e. The van der Waals surface area contributed by atoms with Crippen LogP contribution in [0.3, 0.4) is 0 Å². The Bertz CT molecular complexity index is 872. The third-order valence-electron chi connectivity index (χ3n) is 3.23. The van der Waals surface area contributed by atoms with Crippen LogP contribution in [0.4, 0.5) is 4.39 Å². The molecule has 2 aromatic carbocycles. The molecule has 26 heavy (non-hydrogen) atoms. The van der Waals surface area contributed by atoms with Crippen molar-refractivity contribution in [1.29, 1.82) is 0 Å². The molecule has 2 N–H and O–H groups in total. The highest BCUT2D eigenvalue weighted by Gasteiger charge is 2.20. The van der Waals surface area contributed by atoms with Crippen LogP contribution in [-0.4, -0.2) is 33.4 Å². The first-order chi connectivity index (χ1) is 12.4. The second kappa shape index (κ2) is 9.07. The number of esters is 1. The van der Waals surface area contributed by atoms with Gasteiger partial charge < -0.3 is 10.1 Å². The highest BCUT2D eigenvalue weighted by Crippen LogP contribution is 2.12. The molecule has 0 aliphatic heterocycles. The number of carbonyl (C=O) groups is 2. The van der Waals surface area contributed by atoms with Gasteiger partial charge in [-0.05, 0) is 17.7 Å².